The van der Waals surface area contributed by atoms with Crippen molar-refractivity contribution in [1.29, 1.82) is 0 Å². The molecule has 2 amide bonds. The molecule has 0 saturated heterocycles. The summed E-state index contributed by atoms with van der Waals surface area (Å²) in [6, 6.07) is 18.0. The maximum absolute atomic E-state index is 13.1. The van der Waals surface area contributed by atoms with Crippen LogP contribution in [0.25, 0.3) is 22.3 Å². The predicted molar refractivity (Wildman–Crippen MR) is 121 cm³/mol. The summed E-state index contributed by atoms with van der Waals surface area (Å²) in [6.45, 7) is 4.25. The molecule has 2 heterocycles. The zero-order valence-corrected chi connectivity index (χ0v) is 18.0. The minimum Gasteiger partial charge on any atom is -0.494 e. The Hall–Kier alpha value is -4.20. The first-order chi connectivity index (χ1) is 15.5. The van der Waals surface area contributed by atoms with Gasteiger partial charge in [0.25, 0.3) is 11.8 Å². The van der Waals surface area contributed by atoms with Crippen LogP contribution >= 0.6 is 0 Å². The average Bonchev–Trinajstić information content (AvgIpc) is 3.11. The standard InChI is InChI=1S/C24H23N5O3/c1-4-32-18-12-10-17(11-13-18)23(30)26-27-24(31)19-14-20(16-8-6-5-7-9-16)25-22-21(19)15(2)28-29(22)3/h5-14H,4H2,1-3H3,(H,26,30)(H,27,31). The second-order valence-electron chi connectivity index (χ2n) is 7.19. The number of hydrogen-bond donors (Lipinski definition) is 2. The molecule has 0 bridgehead atoms. The maximum atomic E-state index is 13.1. The number of pyridine rings is 1. The molecule has 2 aromatic heterocycles. The van der Waals surface area contributed by atoms with Crippen LogP contribution in [0.5, 0.6) is 5.75 Å². The highest BCUT2D eigenvalue weighted by atomic mass is 16.5. The first-order valence-electron chi connectivity index (χ1n) is 10.2. The average molecular weight is 429 g/mol. The Morgan fingerprint density at radius 3 is 2.38 bits per heavy atom. The quantitative estimate of drug-likeness (QED) is 0.474. The molecule has 4 rings (SSSR count). The zero-order chi connectivity index (χ0) is 22.7. The van der Waals surface area contributed by atoms with Gasteiger partial charge in [-0.3, -0.25) is 25.1 Å². The summed E-state index contributed by atoms with van der Waals surface area (Å²) in [6.07, 6.45) is 0. The SMILES string of the molecule is CCOc1ccc(C(=O)NNC(=O)c2cc(-c3ccccc3)nc3c2c(C)nn3C)cc1. The summed E-state index contributed by atoms with van der Waals surface area (Å²) >= 11 is 0. The number of carbonyl (C=O) groups is 2. The van der Waals surface area contributed by atoms with Crippen molar-refractivity contribution in [2.24, 2.45) is 7.05 Å². The van der Waals surface area contributed by atoms with E-state index in [2.05, 4.69) is 16.0 Å². The van der Waals surface area contributed by atoms with Gasteiger partial charge in [-0.25, -0.2) is 4.98 Å². The molecule has 0 saturated carbocycles. The number of carbonyl (C=O) groups excluding carboxylic acids is 2. The number of hydrazine groups is 1. The number of amides is 2. The lowest BCUT2D eigenvalue weighted by atomic mass is 10.1. The van der Waals surface area contributed by atoms with Crippen molar-refractivity contribution in [3.63, 3.8) is 0 Å². The number of ether oxygens (including phenoxy) is 1. The number of nitrogens with zero attached hydrogens (tertiary/aromatic N) is 3. The van der Waals surface area contributed by atoms with E-state index >= 15 is 0 Å². The van der Waals surface area contributed by atoms with E-state index in [1.165, 1.54) is 0 Å². The second kappa shape index (κ2) is 8.89. The van der Waals surface area contributed by atoms with Gasteiger partial charge in [0.05, 0.1) is 28.9 Å². The van der Waals surface area contributed by atoms with Crippen LogP contribution < -0.4 is 15.6 Å². The third-order valence-electron chi connectivity index (χ3n) is 5.00. The van der Waals surface area contributed by atoms with Crippen molar-refractivity contribution in [2.45, 2.75) is 13.8 Å². The van der Waals surface area contributed by atoms with Crippen LogP contribution in [0.1, 0.15) is 33.3 Å². The number of nitrogens with one attached hydrogen (secondary N) is 2. The van der Waals surface area contributed by atoms with Gasteiger partial charge in [-0.05, 0) is 44.2 Å². The smallest absolute Gasteiger partial charge is 0.270 e. The molecule has 0 spiro atoms. The Morgan fingerprint density at radius 1 is 1.00 bits per heavy atom. The normalized spacial score (nSPS) is 10.7. The van der Waals surface area contributed by atoms with Gasteiger partial charge in [0.15, 0.2) is 5.65 Å². The molecule has 2 N–H and O–H groups in total. The fourth-order valence-electron chi connectivity index (χ4n) is 3.50. The van der Waals surface area contributed by atoms with Crippen molar-refractivity contribution < 1.29 is 14.3 Å². The maximum Gasteiger partial charge on any atom is 0.270 e. The summed E-state index contributed by atoms with van der Waals surface area (Å²) < 4.78 is 7.03. The van der Waals surface area contributed by atoms with Gasteiger partial charge in [-0.2, -0.15) is 5.10 Å². The van der Waals surface area contributed by atoms with Gasteiger partial charge in [-0.15, -0.1) is 0 Å². The van der Waals surface area contributed by atoms with Crippen LogP contribution in [0, 0.1) is 6.92 Å². The van der Waals surface area contributed by atoms with Gasteiger partial charge in [0.1, 0.15) is 5.75 Å². The lowest BCUT2D eigenvalue weighted by Crippen LogP contribution is -2.41. The van der Waals surface area contributed by atoms with Crippen molar-refractivity contribution in [3.8, 4) is 17.0 Å². The molecule has 4 aromatic rings. The van der Waals surface area contributed by atoms with E-state index in [4.69, 9.17) is 9.72 Å². The van der Waals surface area contributed by atoms with E-state index in [1.54, 1.807) is 42.1 Å². The summed E-state index contributed by atoms with van der Waals surface area (Å²) in [7, 11) is 1.78. The fraction of sp³-hybridized carbons (Fsp3) is 0.167. The molecule has 162 valence electrons. The highest BCUT2D eigenvalue weighted by Gasteiger charge is 2.20. The van der Waals surface area contributed by atoms with Crippen molar-refractivity contribution in [1.82, 2.24) is 25.6 Å². The molecule has 0 radical (unpaired) electrons. The van der Waals surface area contributed by atoms with Crippen LogP contribution in [0.3, 0.4) is 0 Å². The van der Waals surface area contributed by atoms with Gasteiger partial charge in [-0.1, -0.05) is 30.3 Å². The molecule has 32 heavy (non-hydrogen) atoms. The molecule has 0 fully saturated rings. The largest absolute Gasteiger partial charge is 0.494 e. The van der Waals surface area contributed by atoms with Crippen LogP contribution in [0.4, 0.5) is 0 Å². The number of hydrogen-bond acceptors (Lipinski definition) is 5. The van der Waals surface area contributed by atoms with Crippen molar-refractivity contribution in [3.05, 3.63) is 77.5 Å². The van der Waals surface area contributed by atoms with E-state index < -0.39 is 11.8 Å². The monoisotopic (exact) mass is 429 g/mol. The molecular weight excluding hydrogens is 406 g/mol. The lowest BCUT2D eigenvalue weighted by molar-refractivity contribution is 0.0847. The number of benzene rings is 2. The van der Waals surface area contributed by atoms with E-state index in [0.717, 1.165) is 5.56 Å². The Bertz CT molecular complexity index is 1280. The third-order valence-corrected chi connectivity index (χ3v) is 5.00. The van der Waals surface area contributed by atoms with Gasteiger partial charge >= 0.3 is 0 Å². The summed E-state index contributed by atoms with van der Waals surface area (Å²) in [5.41, 5.74) is 8.55. The van der Waals surface area contributed by atoms with Crippen LogP contribution in [-0.2, 0) is 7.05 Å². The lowest BCUT2D eigenvalue weighted by Gasteiger charge is -2.11. The molecule has 0 aliphatic rings. The molecular formula is C24H23N5O3. The summed E-state index contributed by atoms with van der Waals surface area (Å²) in [5.74, 6) is -0.212. The first-order valence-corrected chi connectivity index (χ1v) is 10.2. The molecule has 0 aliphatic heterocycles. The molecule has 8 heteroatoms. The second-order valence-corrected chi connectivity index (χ2v) is 7.19. The zero-order valence-electron chi connectivity index (χ0n) is 18.0. The minimum absolute atomic E-state index is 0.381. The minimum atomic E-state index is -0.454. The van der Waals surface area contributed by atoms with Crippen LogP contribution in [0.15, 0.2) is 60.7 Å². The van der Waals surface area contributed by atoms with E-state index in [-0.39, 0.29) is 0 Å². The van der Waals surface area contributed by atoms with Gasteiger partial charge in [0, 0.05) is 18.2 Å². The Labute approximate surface area is 185 Å². The van der Waals surface area contributed by atoms with E-state index in [1.807, 2.05) is 44.2 Å². The van der Waals surface area contributed by atoms with Crippen molar-refractivity contribution in [2.75, 3.05) is 6.61 Å². The first kappa shape index (κ1) is 21.0. The third kappa shape index (κ3) is 4.15. The highest BCUT2D eigenvalue weighted by Crippen LogP contribution is 2.26. The van der Waals surface area contributed by atoms with Crippen LogP contribution in [-0.4, -0.2) is 33.2 Å². The number of fused-ring (bicyclic) bond motifs is 1. The Morgan fingerprint density at radius 2 is 1.69 bits per heavy atom. The number of aromatic nitrogens is 3. The molecule has 8 nitrogen and oxygen atoms in total. The molecule has 0 atom stereocenters. The number of aryl methyl sites for hydroxylation is 2. The Kier molecular flexibility index (Phi) is 5.85. The molecule has 0 aliphatic carbocycles. The summed E-state index contributed by atoms with van der Waals surface area (Å²) in [4.78, 5) is 30.2. The highest BCUT2D eigenvalue weighted by molar-refractivity contribution is 6.08. The van der Waals surface area contributed by atoms with Crippen LogP contribution in [0.2, 0.25) is 0 Å². The molecule has 0 unspecified atom stereocenters. The van der Waals surface area contributed by atoms with Crippen molar-refractivity contribution >= 4 is 22.8 Å². The molecule has 2 aromatic carbocycles. The van der Waals surface area contributed by atoms with Gasteiger partial charge in [0.2, 0.25) is 0 Å². The number of rotatable bonds is 5. The van der Waals surface area contributed by atoms with E-state index in [0.29, 0.717) is 45.9 Å². The fourth-order valence-corrected chi connectivity index (χ4v) is 3.50. The van der Waals surface area contributed by atoms with E-state index in [9.17, 15) is 9.59 Å². The topological polar surface area (TPSA) is 98.1 Å². The predicted octanol–water partition coefficient (Wildman–Crippen LogP) is 3.42. The van der Waals surface area contributed by atoms with Gasteiger partial charge < -0.3 is 4.74 Å². The Balaban J connectivity index is 1.60. The summed E-state index contributed by atoms with van der Waals surface area (Å²) in [5, 5.41) is 5.05.